The second-order valence-electron chi connectivity index (χ2n) is 7.32. The van der Waals surface area contributed by atoms with Crippen molar-refractivity contribution >= 4 is 17.3 Å². The Morgan fingerprint density at radius 2 is 2.00 bits per heavy atom. The molecule has 4 rings (SSSR count). The number of aromatic nitrogens is 3. The standard InChI is InChI=1S/C21H24N4O2/c1-13-11-25-12-18(23-20(25)14(2)22-13)17-10-16-6-5-15(7-8-24(3)4)9-19(16)27-21(17)26/h5-6,9-12,21,26H,7-8H2,1-4H3. The molecule has 140 valence electrons. The van der Waals surface area contributed by atoms with Crippen LogP contribution in [0.5, 0.6) is 5.75 Å². The third-order valence-electron chi connectivity index (χ3n) is 4.76. The maximum atomic E-state index is 10.6. The normalized spacial score (nSPS) is 16.4. The summed E-state index contributed by atoms with van der Waals surface area (Å²) in [6.07, 6.45) is 5.69. The van der Waals surface area contributed by atoms with Crippen LogP contribution in [0.2, 0.25) is 0 Å². The van der Waals surface area contributed by atoms with Crippen LogP contribution in [0.3, 0.4) is 0 Å². The van der Waals surface area contributed by atoms with Gasteiger partial charge in [0, 0.05) is 30.1 Å². The van der Waals surface area contributed by atoms with Crippen molar-refractivity contribution in [2.75, 3.05) is 20.6 Å². The lowest BCUT2D eigenvalue weighted by molar-refractivity contribution is 0.0317. The molecule has 3 aromatic rings. The first-order chi connectivity index (χ1) is 12.9. The van der Waals surface area contributed by atoms with Crippen LogP contribution in [-0.2, 0) is 6.42 Å². The number of hydrogen-bond acceptors (Lipinski definition) is 5. The average Bonchev–Trinajstić information content (AvgIpc) is 3.03. The first kappa shape index (κ1) is 17.7. The highest BCUT2D eigenvalue weighted by Crippen LogP contribution is 2.34. The summed E-state index contributed by atoms with van der Waals surface area (Å²) in [5, 5.41) is 10.6. The molecule has 1 aliphatic heterocycles. The number of nitrogens with zero attached hydrogens (tertiary/aromatic N) is 4. The lowest BCUT2D eigenvalue weighted by atomic mass is 10.0. The number of fused-ring (bicyclic) bond motifs is 2. The van der Waals surface area contributed by atoms with Crippen molar-refractivity contribution in [3.8, 4) is 5.75 Å². The molecule has 0 saturated carbocycles. The molecule has 27 heavy (non-hydrogen) atoms. The summed E-state index contributed by atoms with van der Waals surface area (Å²) in [6, 6.07) is 6.16. The number of likely N-dealkylation sites (N-methyl/N-ethyl adjacent to an activating group) is 1. The maximum Gasteiger partial charge on any atom is 0.226 e. The minimum atomic E-state index is -1.04. The van der Waals surface area contributed by atoms with Gasteiger partial charge in [0.1, 0.15) is 5.75 Å². The molecule has 6 heteroatoms. The van der Waals surface area contributed by atoms with Crippen LogP contribution in [0.15, 0.2) is 30.6 Å². The van der Waals surface area contributed by atoms with Gasteiger partial charge < -0.3 is 19.1 Å². The minimum Gasteiger partial charge on any atom is -0.460 e. The van der Waals surface area contributed by atoms with Gasteiger partial charge in [-0.3, -0.25) is 4.98 Å². The zero-order chi connectivity index (χ0) is 19.1. The van der Waals surface area contributed by atoms with Crippen molar-refractivity contribution in [1.29, 1.82) is 0 Å². The van der Waals surface area contributed by atoms with Gasteiger partial charge in [-0.05, 0) is 52.1 Å². The van der Waals surface area contributed by atoms with E-state index in [1.165, 1.54) is 5.56 Å². The number of ether oxygens (including phenoxy) is 1. The van der Waals surface area contributed by atoms with E-state index in [0.717, 1.165) is 35.6 Å². The predicted octanol–water partition coefficient (Wildman–Crippen LogP) is 2.70. The molecule has 3 heterocycles. The monoisotopic (exact) mass is 364 g/mol. The highest BCUT2D eigenvalue weighted by Gasteiger charge is 2.24. The van der Waals surface area contributed by atoms with Gasteiger partial charge >= 0.3 is 0 Å². The molecule has 0 aliphatic carbocycles. The molecule has 1 aromatic carbocycles. The molecule has 1 aliphatic rings. The Labute approximate surface area is 158 Å². The zero-order valence-electron chi connectivity index (χ0n) is 16.1. The molecule has 0 saturated heterocycles. The average molecular weight is 364 g/mol. The van der Waals surface area contributed by atoms with Crippen LogP contribution in [0.25, 0.3) is 17.3 Å². The minimum absolute atomic E-state index is 0.657. The van der Waals surface area contributed by atoms with E-state index in [1.54, 1.807) is 0 Å². The largest absolute Gasteiger partial charge is 0.460 e. The van der Waals surface area contributed by atoms with Crippen LogP contribution >= 0.6 is 0 Å². The van der Waals surface area contributed by atoms with E-state index in [2.05, 4.69) is 35.0 Å². The van der Waals surface area contributed by atoms with Crippen LogP contribution in [0.1, 0.15) is 28.2 Å². The summed E-state index contributed by atoms with van der Waals surface area (Å²) in [7, 11) is 4.11. The van der Waals surface area contributed by atoms with Gasteiger partial charge in [-0.1, -0.05) is 12.1 Å². The van der Waals surface area contributed by atoms with E-state index in [1.807, 2.05) is 48.9 Å². The number of aliphatic hydroxyl groups excluding tert-OH is 1. The number of rotatable bonds is 4. The number of aliphatic hydroxyl groups is 1. The van der Waals surface area contributed by atoms with E-state index in [9.17, 15) is 5.11 Å². The summed E-state index contributed by atoms with van der Waals surface area (Å²) in [4.78, 5) is 11.3. The number of imidazole rings is 1. The highest BCUT2D eigenvalue weighted by molar-refractivity contribution is 5.86. The predicted molar refractivity (Wildman–Crippen MR) is 106 cm³/mol. The lowest BCUT2D eigenvalue weighted by Gasteiger charge is -2.23. The van der Waals surface area contributed by atoms with Crippen molar-refractivity contribution in [3.63, 3.8) is 0 Å². The third-order valence-corrected chi connectivity index (χ3v) is 4.76. The summed E-state index contributed by atoms with van der Waals surface area (Å²) >= 11 is 0. The Morgan fingerprint density at radius 3 is 2.78 bits per heavy atom. The van der Waals surface area contributed by atoms with Crippen molar-refractivity contribution in [1.82, 2.24) is 19.3 Å². The Balaban J connectivity index is 1.70. The van der Waals surface area contributed by atoms with Crippen LogP contribution in [0, 0.1) is 13.8 Å². The molecule has 0 bridgehead atoms. The van der Waals surface area contributed by atoms with Crippen LogP contribution in [0.4, 0.5) is 0 Å². The van der Waals surface area contributed by atoms with Crippen molar-refractivity contribution in [2.45, 2.75) is 26.6 Å². The number of aryl methyl sites for hydroxylation is 2. The van der Waals surface area contributed by atoms with E-state index in [-0.39, 0.29) is 0 Å². The van der Waals surface area contributed by atoms with E-state index >= 15 is 0 Å². The SMILES string of the molecule is Cc1cn2cc(C3=Cc4ccc(CCN(C)C)cc4OC3O)nc2c(C)n1. The van der Waals surface area contributed by atoms with Gasteiger partial charge in [0.15, 0.2) is 5.65 Å². The Kier molecular flexibility index (Phi) is 4.45. The fourth-order valence-electron chi connectivity index (χ4n) is 3.37. The molecule has 1 unspecified atom stereocenters. The molecule has 1 N–H and O–H groups in total. The van der Waals surface area contributed by atoms with Gasteiger partial charge in [0.05, 0.1) is 17.1 Å². The summed E-state index contributed by atoms with van der Waals surface area (Å²) in [5.41, 5.74) is 6.06. The van der Waals surface area contributed by atoms with Gasteiger partial charge in [0.2, 0.25) is 6.29 Å². The lowest BCUT2D eigenvalue weighted by Crippen LogP contribution is -2.21. The number of hydrogen-bond donors (Lipinski definition) is 1. The molecule has 0 radical (unpaired) electrons. The Bertz CT molecular complexity index is 1040. The fraction of sp³-hybridized carbons (Fsp3) is 0.333. The molecular weight excluding hydrogens is 340 g/mol. The molecule has 0 spiro atoms. The number of benzene rings is 1. The Morgan fingerprint density at radius 1 is 1.19 bits per heavy atom. The first-order valence-electron chi connectivity index (χ1n) is 9.08. The zero-order valence-corrected chi connectivity index (χ0v) is 16.1. The van der Waals surface area contributed by atoms with Crippen LogP contribution < -0.4 is 4.74 Å². The quantitative estimate of drug-likeness (QED) is 0.771. The van der Waals surface area contributed by atoms with Crippen molar-refractivity contribution in [3.05, 3.63) is 58.8 Å². The highest BCUT2D eigenvalue weighted by atomic mass is 16.6. The third kappa shape index (κ3) is 3.46. The van der Waals surface area contributed by atoms with E-state index in [4.69, 9.17) is 4.74 Å². The van der Waals surface area contributed by atoms with Crippen molar-refractivity contribution < 1.29 is 9.84 Å². The van der Waals surface area contributed by atoms with E-state index in [0.29, 0.717) is 17.0 Å². The van der Waals surface area contributed by atoms with Crippen LogP contribution in [-0.4, -0.2) is 51.3 Å². The second-order valence-corrected chi connectivity index (χ2v) is 7.32. The van der Waals surface area contributed by atoms with Gasteiger partial charge in [-0.25, -0.2) is 4.98 Å². The maximum absolute atomic E-state index is 10.6. The molecular formula is C21H24N4O2. The summed E-state index contributed by atoms with van der Waals surface area (Å²) in [5.74, 6) is 0.708. The molecule has 1 atom stereocenters. The smallest absolute Gasteiger partial charge is 0.226 e. The molecule has 0 fully saturated rings. The first-order valence-corrected chi connectivity index (χ1v) is 9.08. The van der Waals surface area contributed by atoms with Gasteiger partial charge in [0.25, 0.3) is 0 Å². The topological polar surface area (TPSA) is 62.9 Å². The Hall–Kier alpha value is -2.70. The second kappa shape index (κ2) is 6.79. The molecule has 0 amide bonds. The summed E-state index contributed by atoms with van der Waals surface area (Å²) in [6.45, 7) is 4.86. The van der Waals surface area contributed by atoms with Gasteiger partial charge in [-0.15, -0.1) is 0 Å². The van der Waals surface area contributed by atoms with E-state index < -0.39 is 6.29 Å². The van der Waals surface area contributed by atoms with Gasteiger partial charge in [-0.2, -0.15) is 0 Å². The summed E-state index contributed by atoms with van der Waals surface area (Å²) < 4.78 is 7.75. The van der Waals surface area contributed by atoms with Crippen molar-refractivity contribution in [2.24, 2.45) is 0 Å². The molecule has 6 nitrogen and oxygen atoms in total. The molecule has 2 aromatic heterocycles. The fourth-order valence-corrected chi connectivity index (χ4v) is 3.37.